The van der Waals surface area contributed by atoms with Gasteiger partial charge < -0.3 is 0 Å². The number of halogens is 3. The van der Waals surface area contributed by atoms with Gasteiger partial charge in [0, 0.05) is 10.0 Å². The summed E-state index contributed by atoms with van der Waals surface area (Å²) in [4.78, 5) is 0. The molecule has 2 aromatic carbocycles. The fraction of sp³-hybridized carbons (Fsp3) is 0.143. The van der Waals surface area contributed by atoms with Gasteiger partial charge in [-0.05, 0) is 48.4 Å². The average molecular weight is 327 g/mol. The van der Waals surface area contributed by atoms with Gasteiger partial charge in [-0.25, -0.2) is 14.2 Å². The third-order valence-corrected chi connectivity index (χ3v) is 3.48. The Labute approximate surface area is 118 Å². The zero-order valence-electron chi connectivity index (χ0n) is 10.3. The second kappa shape index (κ2) is 5.77. The van der Waals surface area contributed by atoms with E-state index < -0.39 is 17.7 Å². The summed E-state index contributed by atoms with van der Waals surface area (Å²) < 4.78 is 28.0. The van der Waals surface area contributed by atoms with Gasteiger partial charge in [0.15, 0.2) is 0 Å². The smallest absolute Gasteiger partial charge is 0.128 e. The monoisotopic (exact) mass is 326 g/mol. The molecule has 2 aromatic rings. The molecule has 0 bridgehead atoms. The Bertz CT molecular complexity index is 550. The fourth-order valence-corrected chi connectivity index (χ4v) is 2.38. The predicted molar refractivity (Wildman–Crippen MR) is 74.4 cm³/mol. The van der Waals surface area contributed by atoms with Gasteiger partial charge in [0.25, 0.3) is 0 Å². The molecule has 0 aliphatic rings. The van der Waals surface area contributed by atoms with E-state index in [4.69, 9.17) is 5.84 Å². The van der Waals surface area contributed by atoms with Crippen molar-refractivity contribution in [2.75, 3.05) is 0 Å². The molecule has 0 aromatic heterocycles. The Balaban J connectivity index is 2.55. The van der Waals surface area contributed by atoms with E-state index in [1.807, 2.05) is 25.1 Å². The number of hydrazine groups is 1. The number of hydrogen-bond acceptors (Lipinski definition) is 2. The van der Waals surface area contributed by atoms with Crippen LogP contribution in [0.2, 0.25) is 0 Å². The molecule has 5 heteroatoms. The molecular formula is C14H13BrF2N2. The van der Waals surface area contributed by atoms with E-state index >= 15 is 0 Å². The SMILES string of the molecule is Cc1ccc(Br)cc1C(NN)c1cc(F)ccc1F. The van der Waals surface area contributed by atoms with Crippen molar-refractivity contribution >= 4 is 15.9 Å². The van der Waals surface area contributed by atoms with Crippen LogP contribution < -0.4 is 11.3 Å². The maximum Gasteiger partial charge on any atom is 0.128 e. The Morgan fingerprint density at radius 1 is 1.11 bits per heavy atom. The summed E-state index contributed by atoms with van der Waals surface area (Å²) in [5.74, 6) is 4.53. The van der Waals surface area contributed by atoms with Crippen molar-refractivity contribution in [3.8, 4) is 0 Å². The molecule has 2 rings (SSSR count). The van der Waals surface area contributed by atoms with Crippen LogP contribution in [-0.4, -0.2) is 0 Å². The van der Waals surface area contributed by atoms with Crippen molar-refractivity contribution < 1.29 is 8.78 Å². The fourth-order valence-electron chi connectivity index (χ4n) is 2.01. The Kier molecular flexibility index (Phi) is 4.29. The highest BCUT2D eigenvalue weighted by molar-refractivity contribution is 9.10. The Morgan fingerprint density at radius 2 is 1.84 bits per heavy atom. The van der Waals surface area contributed by atoms with Crippen LogP contribution in [0.25, 0.3) is 0 Å². The average Bonchev–Trinajstić information content (AvgIpc) is 2.38. The zero-order valence-corrected chi connectivity index (χ0v) is 11.8. The van der Waals surface area contributed by atoms with E-state index in [0.29, 0.717) is 0 Å². The van der Waals surface area contributed by atoms with Gasteiger partial charge in [-0.2, -0.15) is 0 Å². The van der Waals surface area contributed by atoms with Crippen LogP contribution in [0.3, 0.4) is 0 Å². The van der Waals surface area contributed by atoms with Crippen molar-refractivity contribution in [3.63, 3.8) is 0 Å². The molecule has 3 N–H and O–H groups in total. The van der Waals surface area contributed by atoms with Gasteiger partial charge in [-0.15, -0.1) is 0 Å². The van der Waals surface area contributed by atoms with Crippen LogP contribution in [0.5, 0.6) is 0 Å². The summed E-state index contributed by atoms with van der Waals surface area (Å²) in [5.41, 5.74) is 4.46. The second-order valence-electron chi connectivity index (χ2n) is 4.27. The largest absolute Gasteiger partial charge is 0.271 e. The van der Waals surface area contributed by atoms with Crippen LogP contribution in [0, 0.1) is 18.6 Å². The minimum atomic E-state index is -0.604. The van der Waals surface area contributed by atoms with Crippen LogP contribution in [-0.2, 0) is 0 Å². The van der Waals surface area contributed by atoms with Crippen molar-refractivity contribution in [1.82, 2.24) is 5.43 Å². The molecule has 2 nitrogen and oxygen atoms in total. The highest BCUT2D eigenvalue weighted by Crippen LogP contribution is 2.29. The van der Waals surface area contributed by atoms with Gasteiger partial charge in [-0.1, -0.05) is 22.0 Å². The molecule has 0 radical (unpaired) electrons. The topological polar surface area (TPSA) is 38.0 Å². The lowest BCUT2D eigenvalue weighted by Gasteiger charge is -2.20. The van der Waals surface area contributed by atoms with Gasteiger partial charge in [-0.3, -0.25) is 5.84 Å². The molecule has 0 spiro atoms. The number of hydrogen-bond donors (Lipinski definition) is 2. The highest BCUT2D eigenvalue weighted by Gasteiger charge is 2.19. The summed E-state index contributed by atoms with van der Waals surface area (Å²) in [6.45, 7) is 1.89. The molecule has 0 fully saturated rings. The summed E-state index contributed by atoms with van der Waals surface area (Å²) in [5, 5.41) is 0. The normalized spacial score (nSPS) is 12.5. The molecule has 100 valence electrons. The molecule has 0 aliphatic heterocycles. The molecular weight excluding hydrogens is 314 g/mol. The summed E-state index contributed by atoms with van der Waals surface area (Å²) >= 11 is 3.36. The van der Waals surface area contributed by atoms with Gasteiger partial charge in [0.05, 0.1) is 6.04 Å². The lowest BCUT2D eigenvalue weighted by Crippen LogP contribution is -2.30. The van der Waals surface area contributed by atoms with Gasteiger partial charge in [0.2, 0.25) is 0 Å². The molecule has 0 amide bonds. The van der Waals surface area contributed by atoms with E-state index in [1.54, 1.807) is 0 Å². The summed E-state index contributed by atoms with van der Waals surface area (Å²) in [7, 11) is 0. The summed E-state index contributed by atoms with van der Waals surface area (Å²) in [6, 6.07) is 8.34. The zero-order chi connectivity index (χ0) is 14.0. The molecule has 19 heavy (non-hydrogen) atoms. The Hall–Kier alpha value is -1.30. The van der Waals surface area contributed by atoms with Crippen molar-refractivity contribution in [2.24, 2.45) is 5.84 Å². The molecule has 0 saturated heterocycles. The van der Waals surface area contributed by atoms with E-state index in [2.05, 4.69) is 21.4 Å². The van der Waals surface area contributed by atoms with Gasteiger partial charge >= 0.3 is 0 Å². The maximum atomic E-state index is 13.9. The quantitative estimate of drug-likeness (QED) is 0.668. The number of aryl methyl sites for hydroxylation is 1. The third kappa shape index (κ3) is 3.00. The molecule has 1 atom stereocenters. The minimum absolute atomic E-state index is 0.184. The molecule has 0 heterocycles. The maximum absolute atomic E-state index is 13.9. The van der Waals surface area contributed by atoms with E-state index in [1.165, 1.54) is 0 Å². The Morgan fingerprint density at radius 3 is 2.53 bits per heavy atom. The first-order chi connectivity index (χ1) is 9.02. The van der Waals surface area contributed by atoms with E-state index in [-0.39, 0.29) is 5.56 Å². The van der Waals surface area contributed by atoms with Crippen molar-refractivity contribution in [2.45, 2.75) is 13.0 Å². The van der Waals surface area contributed by atoms with Crippen LogP contribution >= 0.6 is 15.9 Å². The van der Waals surface area contributed by atoms with Crippen molar-refractivity contribution in [3.05, 3.63) is 69.2 Å². The standard InChI is InChI=1S/C14H13BrF2N2/c1-8-2-3-9(15)6-11(8)14(19-18)12-7-10(16)4-5-13(12)17/h2-7,14,19H,18H2,1H3. The number of benzene rings is 2. The lowest BCUT2D eigenvalue weighted by molar-refractivity contribution is 0.544. The first-order valence-electron chi connectivity index (χ1n) is 5.70. The van der Waals surface area contributed by atoms with Gasteiger partial charge in [0.1, 0.15) is 11.6 Å². The third-order valence-electron chi connectivity index (χ3n) is 2.99. The first kappa shape index (κ1) is 14.1. The summed E-state index contributed by atoms with van der Waals surface area (Å²) in [6.07, 6.45) is 0. The van der Waals surface area contributed by atoms with Crippen molar-refractivity contribution in [1.29, 1.82) is 0 Å². The number of rotatable bonds is 3. The van der Waals surface area contributed by atoms with E-state index in [9.17, 15) is 8.78 Å². The van der Waals surface area contributed by atoms with Crippen LogP contribution in [0.1, 0.15) is 22.7 Å². The van der Waals surface area contributed by atoms with Crippen LogP contribution in [0.4, 0.5) is 8.78 Å². The first-order valence-corrected chi connectivity index (χ1v) is 6.49. The van der Waals surface area contributed by atoms with Crippen LogP contribution in [0.15, 0.2) is 40.9 Å². The molecule has 0 saturated carbocycles. The molecule has 1 unspecified atom stereocenters. The predicted octanol–water partition coefficient (Wildman–Crippen LogP) is 3.59. The number of nitrogens with one attached hydrogen (secondary N) is 1. The number of nitrogens with two attached hydrogens (primary N) is 1. The molecule has 0 aliphatic carbocycles. The second-order valence-corrected chi connectivity index (χ2v) is 5.18. The van der Waals surface area contributed by atoms with E-state index in [0.717, 1.165) is 33.8 Å². The lowest BCUT2D eigenvalue weighted by atomic mass is 9.95. The highest BCUT2D eigenvalue weighted by atomic mass is 79.9. The minimum Gasteiger partial charge on any atom is -0.271 e.